The molecule has 2 rings (SSSR count). The fourth-order valence-corrected chi connectivity index (χ4v) is 2.29. The molecule has 3 N–H and O–H groups in total. The normalized spacial score (nSPS) is 10.2. The summed E-state index contributed by atoms with van der Waals surface area (Å²) >= 11 is 5.67. The molecule has 0 fully saturated rings. The second-order valence-corrected chi connectivity index (χ2v) is 5.60. The number of carbonyl (C=O) groups excluding carboxylic acids is 2. The highest BCUT2D eigenvalue weighted by molar-refractivity contribution is 6.31. The average molecular weight is 350 g/mol. The number of nitrogens with one attached hydrogen (secondary N) is 3. The van der Waals surface area contributed by atoms with E-state index in [1.54, 1.807) is 12.1 Å². The molecule has 24 heavy (non-hydrogen) atoms. The van der Waals surface area contributed by atoms with E-state index >= 15 is 0 Å². The van der Waals surface area contributed by atoms with Gasteiger partial charge in [-0.3, -0.25) is 9.59 Å². The second kappa shape index (κ2) is 7.79. The van der Waals surface area contributed by atoms with Crippen molar-refractivity contribution >= 4 is 40.5 Å². The van der Waals surface area contributed by atoms with Crippen LogP contribution in [0.3, 0.4) is 0 Å². The molecule has 126 valence electrons. The number of carbonyl (C=O) groups is 2. The third-order valence-electron chi connectivity index (χ3n) is 3.29. The molecule has 0 bridgehead atoms. The molecule has 2 aromatic rings. The maximum atomic E-state index is 13.1. The first kappa shape index (κ1) is 17.7. The van der Waals surface area contributed by atoms with Crippen LogP contribution >= 0.6 is 11.6 Å². The fourth-order valence-electron chi connectivity index (χ4n) is 2.11. The van der Waals surface area contributed by atoms with Crippen molar-refractivity contribution in [1.82, 2.24) is 0 Å². The van der Waals surface area contributed by atoms with E-state index in [9.17, 15) is 14.0 Å². The Kier molecular flexibility index (Phi) is 5.76. The molecule has 0 heterocycles. The van der Waals surface area contributed by atoms with Crippen molar-refractivity contribution in [1.29, 1.82) is 0 Å². The molecule has 0 aliphatic rings. The van der Waals surface area contributed by atoms with E-state index in [0.717, 1.165) is 11.3 Å². The van der Waals surface area contributed by atoms with Crippen LogP contribution < -0.4 is 16.0 Å². The van der Waals surface area contributed by atoms with Crippen LogP contribution in [0.1, 0.15) is 12.5 Å². The Morgan fingerprint density at radius 1 is 1.12 bits per heavy atom. The Labute approximate surface area is 144 Å². The maximum absolute atomic E-state index is 13.1. The summed E-state index contributed by atoms with van der Waals surface area (Å²) in [5.74, 6) is -1.01. The van der Waals surface area contributed by atoms with Crippen LogP contribution in [0.15, 0.2) is 36.4 Å². The van der Waals surface area contributed by atoms with Crippen LogP contribution in [0, 0.1) is 12.7 Å². The lowest BCUT2D eigenvalue weighted by atomic mass is 10.1. The Morgan fingerprint density at radius 2 is 1.83 bits per heavy atom. The summed E-state index contributed by atoms with van der Waals surface area (Å²) < 4.78 is 13.1. The highest BCUT2D eigenvalue weighted by atomic mass is 35.5. The summed E-state index contributed by atoms with van der Waals surface area (Å²) in [6.45, 7) is 3.28. The topological polar surface area (TPSA) is 70.2 Å². The van der Waals surface area contributed by atoms with Crippen LogP contribution in [-0.4, -0.2) is 18.4 Å². The first-order valence-corrected chi connectivity index (χ1v) is 7.60. The van der Waals surface area contributed by atoms with Crippen LogP contribution in [0.5, 0.6) is 0 Å². The van der Waals surface area contributed by atoms with Crippen molar-refractivity contribution in [2.75, 3.05) is 22.5 Å². The van der Waals surface area contributed by atoms with Crippen molar-refractivity contribution in [3.63, 3.8) is 0 Å². The zero-order valence-electron chi connectivity index (χ0n) is 13.2. The Hall–Kier alpha value is -2.60. The Balaban J connectivity index is 1.98. The molecule has 7 heteroatoms. The number of amides is 2. The molecule has 5 nitrogen and oxygen atoms in total. The third-order valence-corrected chi connectivity index (χ3v) is 3.58. The average Bonchev–Trinajstić information content (AvgIpc) is 2.51. The number of rotatable bonds is 5. The van der Waals surface area contributed by atoms with E-state index in [2.05, 4.69) is 16.0 Å². The van der Waals surface area contributed by atoms with Gasteiger partial charge < -0.3 is 16.0 Å². The van der Waals surface area contributed by atoms with Gasteiger partial charge in [0.2, 0.25) is 11.8 Å². The molecule has 0 spiro atoms. The van der Waals surface area contributed by atoms with Gasteiger partial charge in [-0.25, -0.2) is 4.39 Å². The van der Waals surface area contributed by atoms with Gasteiger partial charge in [0.25, 0.3) is 0 Å². The number of benzene rings is 2. The standard InChI is InChI=1S/C17H17ClFN3O2/c1-10-15(4-3-5-16(10)21-11(2)23)20-9-17(24)22-12-6-7-14(19)13(18)8-12/h3-8,20H,9H2,1-2H3,(H,21,23)(H,22,24). The van der Waals surface area contributed by atoms with Gasteiger partial charge in [-0.2, -0.15) is 0 Å². The lowest BCUT2D eigenvalue weighted by Gasteiger charge is -2.13. The lowest BCUT2D eigenvalue weighted by Crippen LogP contribution is -2.22. The van der Waals surface area contributed by atoms with Crippen LogP contribution in [-0.2, 0) is 9.59 Å². The molecule has 2 amide bonds. The van der Waals surface area contributed by atoms with Crippen molar-refractivity contribution in [2.24, 2.45) is 0 Å². The van der Waals surface area contributed by atoms with Crippen molar-refractivity contribution in [3.8, 4) is 0 Å². The quantitative estimate of drug-likeness (QED) is 0.769. The fraction of sp³-hybridized carbons (Fsp3) is 0.176. The van der Waals surface area contributed by atoms with E-state index in [0.29, 0.717) is 11.4 Å². The molecule has 0 unspecified atom stereocenters. The molecular weight excluding hydrogens is 333 g/mol. The molecule has 0 atom stereocenters. The molecule has 0 saturated carbocycles. The van der Waals surface area contributed by atoms with Gasteiger partial charge in [0, 0.05) is 24.0 Å². The molecule has 0 saturated heterocycles. The minimum absolute atomic E-state index is 0.0133. The Bertz CT molecular complexity index is 780. The summed E-state index contributed by atoms with van der Waals surface area (Å²) in [6, 6.07) is 9.33. The minimum atomic E-state index is -0.543. The van der Waals surface area contributed by atoms with Crippen molar-refractivity contribution in [3.05, 3.63) is 52.8 Å². The summed E-state index contributed by atoms with van der Waals surface area (Å²) in [5, 5.41) is 8.29. The molecular formula is C17H17ClFN3O2. The summed E-state index contributed by atoms with van der Waals surface area (Å²) in [5.41, 5.74) is 2.65. The highest BCUT2D eigenvalue weighted by Crippen LogP contribution is 2.23. The molecule has 2 aromatic carbocycles. The van der Waals surface area contributed by atoms with Gasteiger partial charge in [-0.15, -0.1) is 0 Å². The second-order valence-electron chi connectivity index (χ2n) is 5.19. The van der Waals surface area contributed by atoms with Gasteiger partial charge >= 0.3 is 0 Å². The maximum Gasteiger partial charge on any atom is 0.243 e. The highest BCUT2D eigenvalue weighted by Gasteiger charge is 2.08. The number of anilines is 3. The van der Waals surface area contributed by atoms with Crippen LogP contribution in [0.2, 0.25) is 5.02 Å². The third kappa shape index (κ3) is 4.70. The summed E-state index contributed by atoms with van der Waals surface area (Å²) in [4.78, 5) is 23.1. The van der Waals surface area contributed by atoms with Gasteiger partial charge in [0.1, 0.15) is 5.82 Å². The first-order chi connectivity index (χ1) is 11.4. The number of hydrogen-bond acceptors (Lipinski definition) is 3. The van der Waals surface area contributed by atoms with Crippen LogP contribution in [0.4, 0.5) is 21.5 Å². The predicted molar refractivity (Wildman–Crippen MR) is 94.0 cm³/mol. The van der Waals surface area contributed by atoms with E-state index in [1.165, 1.54) is 25.1 Å². The van der Waals surface area contributed by atoms with Crippen molar-refractivity contribution in [2.45, 2.75) is 13.8 Å². The minimum Gasteiger partial charge on any atom is -0.376 e. The summed E-state index contributed by atoms with van der Waals surface area (Å²) in [7, 11) is 0. The predicted octanol–water partition coefficient (Wildman–Crippen LogP) is 3.80. The smallest absolute Gasteiger partial charge is 0.243 e. The van der Waals surface area contributed by atoms with E-state index < -0.39 is 5.82 Å². The molecule has 0 aliphatic heterocycles. The van der Waals surface area contributed by atoms with Crippen LogP contribution in [0.25, 0.3) is 0 Å². The number of hydrogen-bond donors (Lipinski definition) is 3. The molecule has 0 radical (unpaired) electrons. The molecule has 0 aromatic heterocycles. The SMILES string of the molecule is CC(=O)Nc1cccc(NCC(=O)Nc2ccc(F)c(Cl)c2)c1C. The monoisotopic (exact) mass is 349 g/mol. The first-order valence-electron chi connectivity index (χ1n) is 7.23. The largest absolute Gasteiger partial charge is 0.376 e. The summed E-state index contributed by atoms with van der Waals surface area (Å²) in [6.07, 6.45) is 0. The van der Waals surface area contributed by atoms with Gasteiger partial charge in [0.15, 0.2) is 0 Å². The van der Waals surface area contributed by atoms with E-state index in [1.807, 2.05) is 13.0 Å². The number of halogens is 2. The lowest BCUT2D eigenvalue weighted by molar-refractivity contribution is -0.115. The zero-order valence-corrected chi connectivity index (χ0v) is 14.0. The van der Waals surface area contributed by atoms with Gasteiger partial charge in [0.05, 0.1) is 11.6 Å². The van der Waals surface area contributed by atoms with E-state index in [4.69, 9.17) is 11.6 Å². The van der Waals surface area contributed by atoms with E-state index in [-0.39, 0.29) is 23.4 Å². The zero-order chi connectivity index (χ0) is 17.7. The molecule has 0 aliphatic carbocycles. The van der Waals surface area contributed by atoms with Crippen molar-refractivity contribution < 1.29 is 14.0 Å². The van der Waals surface area contributed by atoms with Gasteiger partial charge in [-0.05, 0) is 42.8 Å². The Morgan fingerprint density at radius 3 is 2.50 bits per heavy atom. The van der Waals surface area contributed by atoms with Gasteiger partial charge in [-0.1, -0.05) is 17.7 Å².